The summed E-state index contributed by atoms with van der Waals surface area (Å²) in [5, 5.41) is 0.267. The molecule has 0 aromatic heterocycles. The molecule has 0 saturated heterocycles. The lowest BCUT2D eigenvalue weighted by Crippen LogP contribution is -2.30. The lowest BCUT2D eigenvalue weighted by atomic mass is 10.4. The summed E-state index contributed by atoms with van der Waals surface area (Å²) >= 11 is 4.61. The third kappa shape index (κ3) is 5.52. The molecule has 0 radical (unpaired) electrons. The molecule has 4 heteroatoms. The van der Waals surface area contributed by atoms with E-state index in [9.17, 15) is 0 Å². The Balaban J connectivity index is 2.97. The number of rotatable bonds is 3. The Labute approximate surface area is 60.5 Å². The molecular formula is C5H12N2OS. The fraction of sp³-hybridized carbons (Fsp3) is 0.800. The molecule has 0 spiro atoms. The van der Waals surface area contributed by atoms with E-state index in [-0.39, 0.29) is 5.17 Å². The number of ether oxygens (including phenoxy) is 1. The highest BCUT2D eigenvalue weighted by Crippen LogP contribution is 1.87. The minimum Gasteiger partial charge on any atom is -0.470 e. The topological polar surface area (TPSA) is 47.3 Å². The summed E-state index contributed by atoms with van der Waals surface area (Å²) in [5.41, 5.74) is 2.23. The molecule has 0 aliphatic heterocycles. The Kier molecular flexibility index (Phi) is 5.56. The zero-order valence-electron chi connectivity index (χ0n) is 5.52. The zero-order valence-corrected chi connectivity index (χ0v) is 6.33. The molecule has 0 aromatic rings. The molecule has 0 amide bonds. The fourth-order valence-electron chi connectivity index (χ4n) is 0.351. The van der Waals surface area contributed by atoms with E-state index in [1.165, 1.54) is 0 Å². The van der Waals surface area contributed by atoms with Gasteiger partial charge in [-0.1, -0.05) is 13.3 Å². The third-order valence-corrected chi connectivity index (χ3v) is 1.08. The summed E-state index contributed by atoms with van der Waals surface area (Å²) in [4.78, 5) is 0. The van der Waals surface area contributed by atoms with Crippen molar-refractivity contribution in [2.75, 3.05) is 6.61 Å². The summed E-state index contributed by atoms with van der Waals surface area (Å²) in [6.45, 7) is 2.74. The molecule has 0 heterocycles. The molecule has 0 rings (SSSR count). The maximum atomic E-state index is 4.94. The van der Waals surface area contributed by atoms with E-state index in [1.807, 2.05) is 0 Å². The quantitative estimate of drug-likeness (QED) is 0.265. The van der Waals surface area contributed by atoms with Crippen LogP contribution in [-0.2, 0) is 4.74 Å². The molecule has 0 aliphatic rings. The molecule has 0 unspecified atom stereocenters. The molecule has 3 nitrogen and oxygen atoms in total. The van der Waals surface area contributed by atoms with E-state index >= 15 is 0 Å². The van der Waals surface area contributed by atoms with E-state index in [0.717, 1.165) is 12.8 Å². The number of nitrogens with one attached hydrogen (secondary N) is 1. The van der Waals surface area contributed by atoms with Crippen molar-refractivity contribution in [2.45, 2.75) is 19.8 Å². The smallest absolute Gasteiger partial charge is 0.271 e. The standard InChI is InChI=1S/C5H12N2OS/c1-2-3-4-8-5(9)7-6/h2-4,6H2,1H3,(H,7,9). The Hall–Kier alpha value is -0.350. The maximum absolute atomic E-state index is 4.94. The summed E-state index contributed by atoms with van der Waals surface area (Å²) in [6.07, 6.45) is 2.12. The molecule has 0 atom stereocenters. The van der Waals surface area contributed by atoms with Gasteiger partial charge >= 0.3 is 0 Å². The summed E-state index contributed by atoms with van der Waals surface area (Å²) in [7, 11) is 0. The number of hydrogen-bond acceptors (Lipinski definition) is 3. The lowest BCUT2D eigenvalue weighted by Gasteiger charge is -2.03. The minimum absolute atomic E-state index is 0.267. The van der Waals surface area contributed by atoms with E-state index in [4.69, 9.17) is 10.6 Å². The largest absolute Gasteiger partial charge is 0.470 e. The first-order valence-corrected chi connectivity index (χ1v) is 3.35. The van der Waals surface area contributed by atoms with E-state index in [1.54, 1.807) is 0 Å². The van der Waals surface area contributed by atoms with Crippen LogP contribution in [0.25, 0.3) is 0 Å². The Morgan fingerprint density at radius 1 is 1.78 bits per heavy atom. The fourth-order valence-corrected chi connectivity index (χ4v) is 0.434. The van der Waals surface area contributed by atoms with Gasteiger partial charge in [-0.05, 0) is 18.6 Å². The van der Waals surface area contributed by atoms with Crippen LogP contribution in [0.3, 0.4) is 0 Å². The van der Waals surface area contributed by atoms with Gasteiger partial charge in [-0.25, -0.2) is 5.84 Å². The number of thiocarbonyl (C=S) groups is 1. The van der Waals surface area contributed by atoms with Crippen LogP contribution in [0.2, 0.25) is 0 Å². The summed E-state index contributed by atoms with van der Waals surface area (Å²) in [5.74, 6) is 4.94. The van der Waals surface area contributed by atoms with Crippen LogP contribution in [0.1, 0.15) is 19.8 Å². The molecule has 0 bridgehead atoms. The molecule has 0 fully saturated rings. The zero-order chi connectivity index (χ0) is 7.11. The van der Waals surface area contributed by atoms with Crippen molar-refractivity contribution in [2.24, 2.45) is 5.84 Å². The van der Waals surface area contributed by atoms with Crippen LogP contribution in [0.15, 0.2) is 0 Å². The van der Waals surface area contributed by atoms with Gasteiger partial charge in [0, 0.05) is 0 Å². The lowest BCUT2D eigenvalue weighted by molar-refractivity contribution is 0.291. The second-order valence-corrected chi connectivity index (χ2v) is 2.00. The summed E-state index contributed by atoms with van der Waals surface area (Å²) < 4.78 is 4.93. The molecule has 9 heavy (non-hydrogen) atoms. The van der Waals surface area contributed by atoms with Gasteiger partial charge in [0.05, 0.1) is 6.61 Å². The molecule has 0 saturated carbocycles. The van der Waals surface area contributed by atoms with Gasteiger partial charge in [0.1, 0.15) is 0 Å². The number of nitrogens with two attached hydrogens (primary N) is 1. The Morgan fingerprint density at radius 2 is 2.44 bits per heavy atom. The SMILES string of the molecule is CCCCOC(=S)NN. The van der Waals surface area contributed by atoms with Crippen molar-refractivity contribution < 1.29 is 4.74 Å². The van der Waals surface area contributed by atoms with Gasteiger partial charge in [-0.2, -0.15) is 0 Å². The van der Waals surface area contributed by atoms with Crippen molar-refractivity contribution in [3.63, 3.8) is 0 Å². The Morgan fingerprint density at radius 3 is 2.89 bits per heavy atom. The monoisotopic (exact) mass is 148 g/mol. The number of unbranched alkanes of at least 4 members (excludes halogenated alkanes) is 1. The third-order valence-electron chi connectivity index (χ3n) is 0.849. The molecule has 0 aromatic carbocycles. The maximum Gasteiger partial charge on any atom is 0.271 e. The molecular weight excluding hydrogens is 136 g/mol. The average molecular weight is 148 g/mol. The molecule has 0 aliphatic carbocycles. The normalized spacial score (nSPS) is 8.67. The van der Waals surface area contributed by atoms with E-state index < -0.39 is 0 Å². The second kappa shape index (κ2) is 5.78. The van der Waals surface area contributed by atoms with Crippen molar-refractivity contribution in [3.8, 4) is 0 Å². The first kappa shape index (κ1) is 8.65. The van der Waals surface area contributed by atoms with Crippen LogP contribution < -0.4 is 11.3 Å². The Bertz CT molecular complexity index is 87.0. The average Bonchev–Trinajstić information content (AvgIpc) is 1.89. The van der Waals surface area contributed by atoms with E-state index in [0.29, 0.717) is 6.61 Å². The van der Waals surface area contributed by atoms with Gasteiger partial charge in [0.2, 0.25) is 0 Å². The number of hydrazine groups is 1. The van der Waals surface area contributed by atoms with Crippen LogP contribution in [0, 0.1) is 0 Å². The predicted molar refractivity (Wildman–Crippen MR) is 40.8 cm³/mol. The van der Waals surface area contributed by atoms with Crippen LogP contribution in [0.5, 0.6) is 0 Å². The first-order valence-electron chi connectivity index (χ1n) is 2.94. The van der Waals surface area contributed by atoms with Gasteiger partial charge in [0.15, 0.2) is 0 Å². The molecule has 3 N–H and O–H groups in total. The highest BCUT2D eigenvalue weighted by Gasteiger charge is 1.89. The highest BCUT2D eigenvalue weighted by molar-refractivity contribution is 7.80. The van der Waals surface area contributed by atoms with Crippen molar-refractivity contribution in [1.82, 2.24) is 5.43 Å². The minimum atomic E-state index is 0.267. The second-order valence-electron chi connectivity index (χ2n) is 1.63. The van der Waals surface area contributed by atoms with Crippen LogP contribution in [0.4, 0.5) is 0 Å². The van der Waals surface area contributed by atoms with Gasteiger partial charge < -0.3 is 4.74 Å². The summed E-state index contributed by atoms with van der Waals surface area (Å²) in [6, 6.07) is 0. The van der Waals surface area contributed by atoms with Gasteiger partial charge in [-0.15, -0.1) is 0 Å². The predicted octanol–water partition coefficient (Wildman–Crippen LogP) is 0.551. The van der Waals surface area contributed by atoms with Gasteiger partial charge in [-0.3, -0.25) is 5.43 Å². The van der Waals surface area contributed by atoms with Crippen molar-refractivity contribution >= 4 is 17.4 Å². The first-order chi connectivity index (χ1) is 4.31. The number of hydrogen-bond donors (Lipinski definition) is 2. The van der Waals surface area contributed by atoms with Gasteiger partial charge in [0.25, 0.3) is 5.17 Å². The van der Waals surface area contributed by atoms with Crippen LogP contribution >= 0.6 is 12.2 Å². The molecule has 54 valence electrons. The van der Waals surface area contributed by atoms with Crippen LogP contribution in [-0.4, -0.2) is 11.8 Å². The van der Waals surface area contributed by atoms with Crippen molar-refractivity contribution in [1.29, 1.82) is 0 Å². The highest BCUT2D eigenvalue weighted by atomic mass is 32.1. The van der Waals surface area contributed by atoms with Crippen molar-refractivity contribution in [3.05, 3.63) is 0 Å². The van der Waals surface area contributed by atoms with E-state index in [2.05, 4.69) is 24.6 Å².